The Labute approximate surface area is 176 Å². The van der Waals surface area contributed by atoms with Crippen LogP contribution in [0.15, 0.2) is 40.9 Å². The molecular formula is C23H27N5O2. The minimum Gasteiger partial charge on any atom is -0.360 e. The van der Waals surface area contributed by atoms with E-state index in [9.17, 15) is 4.79 Å². The SMILES string of the molecule is Cc1cc(N2CCN(C(=O)c3c(-c4ccccc4)noc3C)CC2)nc(C(C)C)n1. The van der Waals surface area contributed by atoms with Gasteiger partial charge in [0.05, 0.1) is 0 Å². The molecule has 2 aromatic heterocycles. The van der Waals surface area contributed by atoms with Gasteiger partial charge in [0.15, 0.2) is 0 Å². The number of amides is 1. The van der Waals surface area contributed by atoms with Crippen LogP contribution in [0, 0.1) is 13.8 Å². The molecule has 30 heavy (non-hydrogen) atoms. The first-order valence-electron chi connectivity index (χ1n) is 10.4. The fourth-order valence-electron chi connectivity index (χ4n) is 3.71. The van der Waals surface area contributed by atoms with Crippen molar-refractivity contribution in [3.05, 3.63) is 59.2 Å². The summed E-state index contributed by atoms with van der Waals surface area (Å²) in [5, 5.41) is 4.15. The molecule has 0 spiro atoms. The van der Waals surface area contributed by atoms with Crippen LogP contribution in [0.2, 0.25) is 0 Å². The highest BCUT2D eigenvalue weighted by atomic mass is 16.5. The van der Waals surface area contributed by atoms with Crippen molar-refractivity contribution in [3.63, 3.8) is 0 Å². The number of hydrogen-bond donors (Lipinski definition) is 0. The summed E-state index contributed by atoms with van der Waals surface area (Å²) in [5.74, 6) is 2.59. The summed E-state index contributed by atoms with van der Waals surface area (Å²) in [5.41, 5.74) is 3.01. The van der Waals surface area contributed by atoms with Gasteiger partial charge >= 0.3 is 0 Å². The summed E-state index contributed by atoms with van der Waals surface area (Å²) in [6, 6.07) is 11.7. The highest BCUT2D eigenvalue weighted by Gasteiger charge is 2.29. The topological polar surface area (TPSA) is 75.4 Å². The van der Waals surface area contributed by atoms with Crippen molar-refractivity contribution in [2.45, 2.75) is 33.6 Å². The first-order chi connectivity index (χ1) is 14.4. The predicted octanol–water partition coefficient (Wildman–Crippen LogP) is 3.83. The zero-order valence-electron chi connectivity index (χ0n) is 17.9. The molecule has 1 aromatic carbocycles. The molecule has 0 radical (unpaired) electrons. The van der Waals surface area contributed by atoms with E-state index in [0.29, 0.717) is 30.1 Å². The summed E-state index contributed by atoms with van der Waals surface area (Å²) < 4.78 is 5.38. The third kappa shape index (κ3) is 3.92. The average Bonchev–Trinajstić information content (AvgIpc) is 3.15. The van der Waals surface area contributed by atoms with Gasteiger partial charge in [-0.1, -0.05) is 49.3 Å². The lowest BCUT2D eigenvalue weighted by atomic mass is 10.0. The van der Waals surface area contributed by atoms with Gasteiger partial charge in [-0.05, 0) is 13.8 Å². The van der Waals surface area contributed by atoms with Crippen LogP contribution in [0.3, 0.4) is 0 Å². The van der Waals surface area contributed by atoms with Crippen molar-refractivity contribution in [2.24, 2.45) is 0 Å². The molecule has 4 rings (SSSR count). The Bertz CT molecular complexity index is 1040. The first kappa shape index (κ1) is 20.1. The summed E-state index contributed by atoms with van der Waals surface area (Å²) in [6.45, 7) is 10.7. The zero-order valence-corrected chi connectivity index (χ0v) is 17.9. The van der Waals surface area contributed by atoms with Crippen molar-refractivity contribution in [1.82, 2.24) is 20.0 Å². The fraction of sp³-hybridized carbons (Fsp3) is 0.391. The monoisotopic (exact) mass is 405 g/mol. The molecule has 1 saturated heterocycles. The Balaban J connectivity index is 1.51. The van der Waals surface area contributed by atoms with Crippen LogP contribution < -0.4 is 4.90 Å². The van der Waals surface area contributed by atoms with E-state index in [1.807, 2.05) is 48.2 Å². The van der Waals surface area contributed by atoms with Gasteiger partial charge in [-0.3, -0.25) is 4.79 Å². The highest BCUT2D eigenvalue weighted by Crippen LogP contribution is 2.27. The quantitative estimate of drug-likeness (QED) is 0.657. The number of carbonyl (C=O) groups excluding carboxylic acids is 1. The number of hydrogen-bond acceptors (Lipinski definition) is 6. The van der Waals surface area contributed by atoms with Crippen LogP contribution in [-0.2, 0) is 0 Å². The second kappa shape index (κ2) is 8.26. The van der Waals surface area contributed by atoms with Gasteiger partial charge in [0.2, 0.25) is 0 Å². The Kier molecular flexibility index (Phi) is 5.53. The van der Waals surface area contributed by atoms with E-state index < -0.39 is 0 Å². The third-order valence-corrected chi connectivity index (χ3v) is 5.39. The van der Waals surface area contributed by atoms with Crippen LogP contribution in [-0.4, -0.2) is 52.1 Å². The van der Waals surface area contributed by atoms with Gasteiger partial charge in [0.25, 0.3) is 5.91 Å². The molecule has 7 heteroatoms. The zero-order chi connectivity index (χ0) is 21.3. The normalized spacial score (nSPS) is 14.4. The molecule has 156 valence electrons. The molecule has 3 aromatic rings. The Morgan fingerprint density at radius 1 is 1.03 bits per heavy atom. The lowest BCUT2D eigenvalue weighted by molar-refractivity contribution is 0.0745. The van der Waals surface area contributed by atoms with Crippen molar-refractivity contribution >= 4 is 11.7 Å². The van der Waals surface area contributed by atoms with Crippen molar-refractivity contribution in [1.29, 1.82) is 0 Å². The lowest BCUT2D eigenvalue weighted by Gasteiger charge is -2.35. The maximum absolute atomic E-state index is 13.3. The van der Waals surface area contributed by atoms with Crippen LogP contribution in [0.1, 0.15) is 47.4 Å². The van der Waals surface area contributed by atoms with E-state index in [1.165, 1.54) is 0 Å². The molecule has 0 N–H and O–H groups in total. The summed E-state index contributed by atoms with van der Waals surface area (Å²) >= 11 is 0. The molecule has 3 heterocycles. The number of anilines is 1. The van der Waals surface area contributed by atoms with E-state index in [2.05, 4.69) is 28.9 Å². The van der Waals surface area contributed by atoms with Crippen molar-refractivity contribution in [2.75, 3.05) is 31.1 Å². The van der Waals surface area contributed by atoms with Crippen LogP contribution >= 0.6 is 0 Å². The summed E-state index contributed by atoms with van der Waals surface area (Å²) in [6.07, 6.45) is 0. The molecule has 1 amide bonds. The fourth-order valence-corrected chi connectivity index (χ4v) is 3.71. The average molecular weight is 406 g/mol. The summed E-state index contributed by atoms with van der Waals surface area (Å²) in [4.78, 5) is 26.7. The highest BCUT2D eigenvalue weighted by molar-refractivity contribution is 6.00. The number of carbonyl (C=O) groups is 1. The largest absolute Gasteiger partial charge is 0.360 e. The van der Waals surface area contributed by atoms with E-state index in [1.54, 1.807) is 6.92 Å². The van der Waals surface area contributed by atoms with Gasteiger partial charge in [-0.15, -0.1) is 0 Å². The summed E-state index contributed by atoms with van der Waals surface area (Å²) in [7, 11) is 0. The second-order valence-electron chi connectivity index (χ2n) is 7.99. The van der Waals surface area contributed by atoms with E-state index >= 15 is 0 Å². The van der Waals surface area contributed by atoms with Crippen molar-refractivity contribution < 1.29 is 9.32 Å². The maximum Gasteiger partial charge on any atom is 0.259 e. The Hall–Kier alpha value is -3.22. The van der Waals surface area contributed by atoms with E-state index in [-0.39, 0.29) is 11.8 Å². The minimum absolute atomic E-state index is 0.0333. The number of nitrogens with zero attached hydrogens (tertiary/aromatic N) is 5. The second-order valence-corrected chi connectivity index (χ2v) is 7.99. The molecular weight excluding hydrogens is 378 g/mol. The third-order valence-electron chi connectivity index (χ3n) is 5.39. The number of aryl methyl sites for hydroxylation is 2. The van der Waals surface area contributed by atoms with Gasteiger partial charge in [0.1, 0.15) is 28.7 Å². The molecule has 1 fully saturated rings. The molecule has 0 aliphatic carbocycles. The first-order valence-corrected chi connectivity index (χ1v) is 10.4. The smallest absolute Gasteiger partial charge is 0.259 e. The van der Waals surface area contributed by atoms with E-state index in [0.717, 1.165) is 36.0 Å². The number of piperazine rings is 1. The predicted molar refractivity (Wildman–Crippen MR) is 116 cm³/mol. The molecule has 1 aliphatic heterocycles. The maximum atomic E-state index is 13.3. The van der Waals surface area contributed by atoms with Crippen LogP contribution in [0.4, 0.5) is 5.82 Å². The van der Waals surface area contributed by atoms with Gasteiger partial charge < -0.3 is 14.3 Å². The lowest BCUT2D eigenvalue weighted by Crippen LogP contribution is -2.49. The number of aromatic nitrogens is 3. The minimum atomic E-state index is -0.0333. The van der Waals surface area contributed by atoms with Crippen LogP contribution in [0.5, 0.6) is 0 Å². The standard InChI is InChI=1S/C23H27N5O2/c1-15(2)22-24-16(3)14-19(25-22)27-10-12-28(13-11-27)23(29)20-17(4)30-26-21(20)18-8-6-5-7-9-18/h5-9,14-15H,10-13H2,1-4H3. The molecule has 7 nitrogen and oxygen atoms in total. The molecule has 0 atom stereocenters. The molecule has 0 unspecified atom stereocenters. The van der Waals surface area contributed by atoms with Gasteiger partial charge in [-0.25, -0.2) is 9.97 Å². The molecule has 0 saturated carbocycles. The Morgan fingerprint density at radius 2 is 1.73 bits per heavy atom. The van der Waals surface area contributed by atoms with Gasteiger partial charge in [-0.2, -0.15) is 0 Å². The molecule has 1 aliphatic rings. The number of benzene rings is 1. The van der Waals surface area contributed by atoms with Gasteiger partial charge in [0, 0.05) is 49.4 Å². The molecule has 0 bridgehead atoms. The number of rotatable bonds is 4. The van der Waals surface area contributed by atoms with Crippen molar-refractivity contribution in [3.8, 4) is 11.3 Å². The van der Waals surface area contributed by atoms with Crippen LogP contribution in [0.25, 0.3) is 11.3 Å². The Morgan fingerprint density at radius 3 is 2.40 bits per heavy atom. The van der Waals surface area contributed by atoms with E-state index in [4.69, 9.17) is 9.51 Å².